The number of aromatic nitrogens is 1. The molecule has 2 aliphatic rings. The molecule has 0 unspecified atom stereocenters. The van der Waals surface area contributed by atoms with Gasteiger partial charge in [0.25, 0.3) is 0 Å². The highest BCUT2D eigenvalue weighted by molar-refractivity contribution is 6.13. The van der Waals surface area contributed by atoms with Crippen molar-refractivity contribution in [3.8, 4) is 0 Å². The van der Waals surface area contributed by atoms with Crippen LogP contribution in [0.4, 0.5) is 0 Å². The monoisotopic (exact) mass is 460 g/mol. The van der Waals surface area contributed by atoms with Crippen LogP contribution < -0.4 is 5.32 Å². The topological polar surface area (TPSA) is 94.6 Å². The maximum Gasteiger partial charge on any atom is 0.336 e. The minimum atomic E-state index is -1.01. The van der Waals surface area contributed by atoms with Crippen molar-refractivity contribution in [1.82, 2.24) is 10.3 Å². The number of nitrogens with zero attached hydrogens (tertiary/aromatic N) is 1. The molecule has 7 heteroatoms. The van der Waals surface area contributed by atoms with Crippen LogP contribution in [0.3, 0.4) is 0 Å². The summed E-state index contributed by atoms with van der Waals surface area (Å²) >= 11 is 0. The smallest absolute Gasteiger partial charge is 0.336 e. The number of allylic oxidation sites excluding steroid dienone is 3. The molecule has 0 amide bonds. The first-order chi connectivity index (χ1) is 16.5. The first-order valence-corrected chi connectivity index (χ1v) is 11.5. The van der Waals surface area contributed by atoms with Crippen molar-refractivity contribution in [2.45, 2.75) is 39.0 Å². The van der Waals surface area contributed by atoms with E-state index in [0.717, 1.165) is 5.56 Å². The van der Waals surface area contributed by atoms with Crippen molar-refractivity contribution in [3.63, 3.8) is 0 Å². The Hall–Kier alpha value is -3.74. The Morgan fingerprint density at radius 2 is 1.74 bits per heavy atom. The van der Waals surface area contributed by atoms with Crippen molar-refractivity contribution < 1.29 is 23.9 Å². The average molecular weight is 461 g/mol. The minimum absolute atomic E-state index is 0.174. The molecule has 2 aromatic rings. The lowest BCUT2D eigenvalue weighted by Crippen LogP contribution is -2.43. The molecule has 0 bridgehead atoms. The quantitative estimate of drug-likeness (QED) is 0.518. The predicted molar refractivity (Wildman–Crippen MR) is 125 cm³/mol. The van der Waals surface area contributed by atoms with Gasteiger partial charge in [-0.15, -0.1) is 0 Å². The summed E-state index contributed by atoms with van der Waals surface area (Å²) < 4.78 is 10.7. The van der Waals surface area contributed by atoms with Gasteiger partial charge in [0, 0.05) is 41.2 Å². The van der Waals surface area contributed by atoms with E-state index in [-0.39, 0.29) is 24.9 Å². The summed E-state index contributed by atoms with van der Waals surface area (Å²) in [6.45, 7) is 5.64. The van der Waals surface area contributed by atoms with Crippen molar-refractivity contribution in [2.75, 3.05) is 13.2 Å². The molecule has 176 valence electrons. The Balaban J connectivity index is 1.88. The highest BCUT2D eigenvalue weighted by Crippen LogP contribution is 2.48. The third kappa shape index (κ3) is 4.25. The SMILES string of the molecule is CCOC(=O)C1=C(C)NC2=C(C(=O)[C@H](C(=O)OCC)[C@H](c3ccccc3)C2)[C@H]1c1cccnc1. The molecule has 1 aliphatic heterocycles. The number of Topliss-reactive ketones (excluding diaryl/α,β-unsaturated/α-hetero) is 1. The maximum absolute atomic E-state index is 14.1. The molecule has 0 fully saturated rings. The number of ether oxygens (including phenoxy) is 2. The van der Waals surface area contributed by atoms with Crippen molar-refractivity contribution in [1.29, 1.82) is 0 Å². The number of dihydropyridines is 1. The Bertz CT molecular complexity index is 1150. The van der Waals surface area contributed by atoms with Crippen LogP contribution in [0.15, 0.2) is 77.4 Å². The second-order valence-electron chi connectivity index (χ2n) is 8.31. The molecular formula is C27H28N2O5. The first-order valence-electron chi connectivity index (χ1n) is 11.5. The molecule has 1 aromatic heterocycles. The van der Waals surface area contributed by atoms with Crippen LogP contribution in [-0.4, -0.2) is 35.9 Å². The fraction of sp³-hybridized carbons (Fsp3) is 0.333. The number of benzene rings is 1. The number of carbonyl (C=O) groups excluding carboxylic acids is 3. The molecule has 1 aromatic carbocycles. The van der Waals surface area contributed by atoms with E-state index in [9.17, 15) is 14.4 Å². The van der Waals surface area contributed by atoms with Crippen LogP contribution in [0.5, 0.6) is 0 Å². The van der Waals surface area contributed by atoms with Gasteiger partial charge in [-0.1, -0.05) is 36.4 Å². The number of carbonyl (C=O) groups is 3. The number of hydrogen-bond acceptors (Lipinski definition) is 7. The van der Waals surface area contributed by atoms with Crippen molar-refractivity contribution >= 4 is 17.7 Å². The van der Waals surface area contributed by atoms with E-state index < -0.39 is 23.8 Å². The standard InChI is InChI=1S/C27H28N2O5/c1-4-33-26(31)21-16(3)29-20-14-19(17-10-7-6-8-11-17)23(27(32)34-5-2)25(30)24(20)22(21)18-12-9-13-28-15-18/h6-13,15,19,22-23,29H,4-5,14H2,1-3H3/t19-,22-,23+/m0/s1. The zero-order chi connectivity index (χ0) is 24.2. The first kappa shape index (κ1) is 23.4. The lowest BCUT2D eigenvalue weighted by molar-refractivity contribution is -0.152. The second-order valence-corrected chi connectivity index (χ2v) is 8.31. The number of rotatable bonds is 6. The highest BCUT2D eigenvalue weighted by atomic mass is 16.5. The van der Waals surface area contributed by atoms with Gasteiger partial charge >= 0.3 is 11.9 Å². The lowest BCUT2D eigenvalue weighted by atomic mass is 9.67. The molecule has 2 heterocycles. The number of hydrogen-bond donors (Lipinski definition) is 1. The molecule has 3 atom stereocenters. The molecule has 4 rings (SSSR count). The lowest BCUT2D eigenvalue weighted by Gasteiger charge is -2.39. The van der Waals surface area contributed by atoms with Crippen LogP contribution in [0.25, 0.3) is 0 Å². The Labute approximate surface area is 198 Å². The fourth-order valence-corrected chi connectivity index (χ4v) is 4.91. The summed E-state index contributed by atoms with van der Waals surface area (Å²) in [4.78, 5) is 44.4. The molecule has 1 N–H and O–H groups in total. The van der Waals surface area contributed by atoms with E-state index in [1.54, 1.807) is 39.2 Å². The van der Waals surface area contributed by atoms with Crippen LogP contribution >= 0.6 is 0 Å². The van der Waals surface area contributed by atoms with Gasteiger partial charge in [0.15, 0.2) is 5.78 Å². The summed E-state index contributed by atoms with van der Waals surface area (Å²) in [5.41, 5.74) is 3.65. The maximum atomic E-state index is 14.1. The van der Waals surface area contributed by atoms with E-state index in [4.69, 9.17) is 9.47 Å². The number of nitrogens with one attached hydrogen (secondary N) is 1. The normalized spacial score (nSPS) is 22.1. The Morgan fingerprint density at radius 1 is 1.03 bits per heavy atom. The molecule has 0 radical (unpaired) electrons. The van der Waals surface area contributed by atoms with Gasteiger partial charge in [0.05, 0.1) is 18.8 Å². The van der Waals surface area contributed by atoms with Crippen molar-refractivity contribution in [3.05, 3.63) is 88.5 Å². The minimum Gasteiger partial charge on any atom is -0.465 e. The van der Waals surface area contributed by atoms with E-state index in [1.165, 1.54) is 0 Å². The number of esters is 2. The number of ketones is 1. The summed E-state index contributed by atoms with van der Waals surface area (Å²) in [5, 5.41) is 3.29. The molecule has 7 nitrogen and oxygen atoms in total. The zero-order valence-corrected chi connectivity index (χ0v) is 19.5. The van der Waals surface area contributed by atoms with E-state index in [0.29, 0.717) is 34.5 Å². The Kier molecular flexibility index (Phi) is 6.91. The molecule has 1 aliphatic carbocycles. The molecule has 0 saturated heterocycles. The molecule has 0 spiro atoms. The average Bonchev–Trinajstić information content (AvgIpc) is 2.84. The summed E-state index contributed by atoms with van der Waals surface area (Å²) in [6.07, 6.45) is 3.71. The highest BCUT2D eigenvalue weighted by Gasteiger charge is 2.49. The van der Waals surface area contributed by atoms with Gasteiger partial charge in [0.2, 0.25) is 0 Å². The summed E-state index contributed by atoms with van der Waals surface area (Å²) in [6, 6.07) is 13.1. The number of pyridine rings is 1. The molecule has 34 heavy (non-hydrogen) atoms. The van der Waals surface area contributed by atoms with Crippen LogP contribution in [-0.2, 0) is 23.9 Å². The van der Waals surface area contributed by atoms with E-state index in [1.807, 2.05) is 36.4 Å². The third-order valence-corrected chi connectivity index (χ3v) is 6.30. The van der Waals surface area contributed by atoms with Gasteiger partial charge in [0.1, 0.15) is 5.92 Å². The Morgan fingerprint density at radius 3 is 2.38 bits per heavy atom. The largest absolute Gasteiger partial charge is 0.465 e. The fourth-order valence-electron chi connectivity index (χ4n) is 4.91. The van der Waals surface area contributed by atoms with Gasteiger partial charge in [-0.3, -0.25) is 14.6 Å². The molecule has 0 saturated carbocycles. The van der Waals surface area contributed by atoms with Crippen LogP contribution in [0.2, 0.25) is 0 Å². The second kappa shape index (κ2) is 10.0. The van der Waals surface area contributed by atoms with Gasteiger partial charge in [-0.2, -0.15) is 0 Å². The van der Waals surface area contributed by atoms with Gasteiger partial charge < -0.3 is 14.8 Å². The van der Waals surface area contributed by atoms with E-state index in [2.05, 4.69) is 10.3 Å². The molecular weight excluding hydrogens is 432 g/mol. The van der Waals surface area contributed by atoms with Crippen molar-refractivity contribution in [2.24, 2.45) is 5.92 Å². The van der Waals surface area contributed by atoms with Gasteiger partial charge in [-0.25, -0.2) is 4.79 Å². The zero-order valence-electron chi connectivity index (χ0n) is 19.5. The van der Waals surface area contributed by atoms with E-state index >= 15 is 0 Å². The summed E-state index contributed by atoms with van der Waals surface area (Å²) in [5.74, 6) is -3.48. The third-order valence-electron chi connectivity index (χ3n) is 6.30. The predicted octanol–water partition coefficient (Wildman–Crippen LogP) is 3.80. The van der Waals surface area contributed by atoms with Gasteiger partial charge in [-0.05, 0) is 44.4 Å². The van der Waals surface area contributed by atoms with Crippen LogP contribution in [0, 0.1) is 5.92 Å². The summed E-state index contributed by atoms with van der Waals surface area (Å²) in [7, 11) is 0. The van der Waals surface area contributed by atoms with Crippen LogP contribution in [0.1, 0.15) is 50.2 Å².